The zero-order valence-corrected chi connectivity index (χ0v) is 10.7. The zero-order chi connectivity index (χ0) is 13.0. The summed E-state index contributed by atoms with van der Waals surface area (Å²) in [5, 5.41) is 0. The minimum Gasteiger partial charge on any atom is -0.465 e. The maximum atomic E-state index is 11.6. The molecule has 0 fully saturated rings. The maximum absolute atomic E-state index is 11.6. The van der Waals surface area contributed by atoms with E-state index in [2.05, 4.69) is 0 Å². The van der Waals surface area contributed by atoms with Gasteiger partial charge in [-0.3, -0.25) is 0 Å². The average Bonchev–Trinajstić information content (AvgIpc) is 2.28. The first-order chi connectivity index (χ1) is 8.01. The highest BCUT2D eigenvalue weighted by molar-refractivity contribution is 5.91. The second kappa shape index (κ2) is 5.62. The van der Waals surface area contributed by atoms with Gasteiger partial charge in [0.2, 0.25) is 0 Å². The molecule has 1 rings (SSSR count). The molecule has 0 heterocycles. The lowest BCUT2D eigenvalue weighted by atomic mass is 9.90. The van der Waals surface area contributed by atoms with Crippen molar-refractivity contribution in [3.63, 3.8) is 0 Å². The number of carbonyl (C=O) groups excluding carboxylic acids is 2. The topological polar surface area (TPSA) is 43.4 Å². The lowest BCUT2D eigenvalue weighted by Gasteiger charge is -2.15. The van der Waals surface area contributed by atoms with Crippen LogP contribution in [0.15, 0.2) is 12.1 Å². The van der Waals surface area contributed by atoms with Gasteiger partial charge in [0.05, 0.1) is 12.7 Å². The Bertz CT molecular complexity index is 435. The van der Waals surface area contributed by atoms with Crippen LogP contribution in [0.3, 0.4) is 0 Å². The van der Waals surface area contributed by atoms with Crippen molar-refractivity contribution in [3.05, 3.63) is 34.4 Å². The first kappa shape index (κ1) is 13.4. The van der Waals surface area contributed by atoms with Crippen molar-refractivity contribution in [2.24, 2.45) is 0 Å². The summed E-state index contributed by atoms with van der Waals surface area (Å²) in [7, 11) is 1.37. The fraction of sp³-hybridized carbons (Fsp3) is 0.429. The molecule has 3 nitrogen and oxygen atoms in total. The number of rotatable bonds is 4. The molecule has 0 saturated carbocycles. The highest BCUT2D eigenvalue weighted by Gasteiger charge is 2.15. The van der Waals surface area contributed by atoms with Gasteiger partial charge in [0.25, 0.3) is 0 Å². The van der Waals surface area contributed by atoms with Crippen LogP contribution in [0.1, 0.15) is 46.3 Å². The molecule has 0 aromatic heterocycles. The smallest absolute Gasteiger partial charge is 0.338 e. The van der Waals surface area contributed by atoms with Gasteiger partial charge >= 0.3 is 5.97 Å². The first-order valence-corrected chi connectivity index (χ1v) is 5.64. The number of carbonyl (C=O) groups is 2. The summed E-state index contributed by atoms with van der Waals surface area (Å²) < 4.78 is 4.74. The monoisotopic (exact) mass is 234 g/mol. The van der Waals surface area contributed by atoms with Crippen LogP contribution in [0.5, 0.6) is 0 Å². The number of aryl methyl sites for hydroxylation is 2. The Kier molecular flexibility index (Phi) is 4.44. The molecule has 1 aromatic carbocycles. The van der Waals surface area contributed by atoms with Gasteiger partial charge in [0, 0.05) is 6.42 Å². The van der Waals surface area contributed by atoms with Gasteiger partial charge in [0.1, 0.15) is 6.29 Å². The van der Waals surface area contributed by atoms with E-state index in [1.807, 2.05) is 32.9 Å². The SMILES string of the molecule is COC(=O)c1cc(C(C)CC=O)c(C)cc1C. The van der Waals surface area contributed by atoms with Crippen molar-refractivity contribution in [2.45, 2.75) is 33.1 Å². The average molecular weight is 234 g/mol. The van der Waals surface area contributed by atoms with Crippen molar-refractivity contribution < 1.29 is 14.3 Å². The Morgan fingerprint density at radius 1 is 1.35 bits per heavy atom. The molecule has 0 radical (unpaired) electrons. The summed E-state index contributed by atoms with van der Waals surface area (Å²) in [5.74, 6) is -0.210. The summed E-state index contributed by atoms with van der Waals surface area (Å²) in [6, 6.07) is 3.80. The van der Waals surface area contributed by atoms with E-state index in [1.54, 1.807) is 0 Å². The molecular formula is C14H18O3. The minimum atomic E-state index is -0.331. The molecule has 92 valence electrons. The van der Waals surface area contributed by atoms with Gasteiger partial charge in [-0.2, -0.15) is 0 Å². The first-order valence-electron chi connectivity index (χ1n) is 5.64. The summed E-state index contributed by atoms with van der Waals surface area (Å²) in [4.78, 5) is 22.1. The fourth-order valence-corrected chi connectivity index (χ4v) is 2.00. The molecule has 0 amide bonds. The molecule has 0 saturated heterocycles. The molecule has 0 aliphatic heterocycles. The van der Waals surface area contributed by atoms with Crippen molar-refractivity contribution in [1.82, 2.24) is 0 Å². The van der Waals surface area contributed by atoms with Crippen molar-refractivity contribution in [2.75, 3.05) is 7.11 Å². The highest BCUT2D eigenvalue weighted by atomic mass is 16.5. The summed E-state index contributed by atoms with van der Waals surface area (Å²) in [6.45, 7) is 5.85. The molecule has 0 spiro atoms. The fourth-order valence-electron chi connectivity index (χ4n) is 2.00. The predicted molar refractivity (Wildman–Crippen MR) is 66.4 cm³/mol. The molecule has 17 heavy (non-hydrogen) atoms. The number of esters is 1. The summed E-state index contributed by atoms with van der Waals surface area (Å²) in [5.41, 5.74) is 3.61. The summed E-state index contributed by atoms with van der Waals surface area (Å²) in [6.07, 6.45) is 1.37. The van der Waals surface area contributed by atoms with Crippen LogP contribution in [0.4, 0.5) is 0 Å². The quantitative estimate of drug-likeness (QED) is 0.594. The van der Waals surface area contributed by atoms with E-state index in [0.717, 1.165) is 23.0 Å². The third-order valence-corrected chi connectivity index (χ3v) is 3.00. The normalized spacial score (nSPS) is 12.0. The van der Waals surface area contributed by atoms with Crippen molar-refractivity contribution in [1.29, 1.82) is 0 Å². The van der Waals surface area contributed by atoms with Crippen LogP contribution >= 0.6 is 0 Å². The molecule has 3 heteroatoms. The van der Waals surface area contributed by atoms with Crippen LogP contribution in [0.25, 0.3) is 0 Å². The van der Waals surface area contributed by atoms with Crippen LogP contribution in [0.2, 0.25) is 0 Å². The molecule has 1 aromatic rings. The van der Waals surface area contributed by atoms with E-state index in [0.29, 0.717) is 12.0 Å². The van der Waals surface area contributed by atoms with E-state index in [1.165, 1.54) is 7.11 Å². The second-order valence-electron chi connectivity index (χ2n) is 4.32. The minimum absolute atomic E-state index is 0.122. The van der Waals surface area contributed by atoms with E-state index >= 15 is 0 Å². The molecule has 1 atom stereocenters. The van der Waals surface area contributed by atoms with Gasteiger partial charge in [-0.1, -0.05) is 13.0 Å². The number of hydrogen-bond donors (Lipinski definition) is 0. The van der Waals surface area contributed by atoms with Crippen LogP contribution in [-0.4, -0.2) is 19.4 Å². The molecule has 0 aliphatic carbocycles. The number of methoxy groups -OCH3 is 1. The Hall–Kier alpha value is -1.64. The van der Waals surface area contributed by atoms with Crippen molar-refractivity contribution in [3.8, 4) is 0 Å². The molecule has 0 N–H and O–H groups in total. The number of aldehydes is 1. The second-order valence-corrected chi connectivity index (χ2v) is 4.32. The van der Waals surface area contributed by atoms with E-state index in [4.69, 9.17) is 4.74 Å². The number of hydrogen-bond acceptors (Lipinski definition) is 3. The largest absolute Gasteiger partial charge is 0.465 e. The van der Waals surface area contributed by atoms with Gasteiger partial charge in [-0.25, -0.2) is 4.79 Å². The highest BCUT2D eigenvalue weighted by Crippen LogP contribution is 2.25. The van der Waals surface area contributed by atoms with Gasteiger partial charge in [-0.15, -0.1) is 0 Å². The third-order valence-electron chi connectivity index (χ3n) is 3.00. The zero-order valence-electron chi connectivity index (χ0n) is 10.7. The number of ether oxygens (including phenoxy) is 1. The molecule has 0 bridgehead atoms. The Labute approximate surface area is 102 Å². The van der Waals surface area contributed by atoms with Gasteiger partial charge in [-0.05, 0) is 42.5 Å². The van der Waals surface area contributed by atoms with Crippen molar-refractivity contribution >= 4 is 12.3 Å². The van der Waals surface area contributed by atoms with Crippen LogP contribution in [0, 0.1) is 13.8 Å². The number of benzene rings is 1. The molecule has 0 aliphatic rings. The lowest BCUT2D eigenvalue weighted by Crippen LogP contribution is -2.07. The standard InChI is InChI=1S/C14H18O3/c1-9(5-6-15)12-8-13(14(16)17-4)11(3)7-10(12)2/h6-9H,5H2,1-4H3. The predicted octanol–water partition coefficient (Wildman–Crippen LogP) is 2.78. The van der Waals surface area contributed by atoms with E-state index < -0.39 is 0 Å². The maximum Gasteiger partial charge on any atom is 0.338 e. The van der Waals surface area contributed by atoms with Crippen LogP contribution in [-0.2, 0) is 9.53 Å². The third kappa shape index (κ3) is 2.93. The Balaban J connectivity index is 3.23. The Morgan fingerprint density at radius 3 is 2.53 bits per heavy atom. The van der Waals surface area contributed by atoms with Crippen LogP contribution < -0.4 is 0 Å². The Morgan fingerprint density at radius 2 is 2.00 bits per heavy atom. The molecular weight excluding hydrogens is 216 g/mol. The lowest BCUT2D eigenvalue weighted by molar-refractivity contribution is -0.108. The summed E-state index contributed by atoms with van der Waals surface area (Å²) >= 11 is 0. The van der Waals surface area contributed by atoms with E-state index in [-0.39, 0.29) is 11.9 Å². The molecule has 1 unspecified atom stereocenters. The van der Waals surface area contributed by atoms with Gasteiger partial charge in [0.15, 0.2) is 0 Å². The van der Waals surface area contributed by atoms with E-state index in [9.17, 15) is 9.59 Å². The van der Waals surface area contributed by atoms with Gasteiger partial charge < -0.3 is 9.53 Å².